The summed E-state index contributed by atoms with van der Waals surface area (Å²) in [6, 6.07) is 2.07. The van der Waals surface area contributed by atoms with Crippen LogP contribution >= 0.6 is 0 Å². The van der Waals surface area contributed by atoms with Gasteiger partial charge in [0.15, 0.2) is 0 Å². The monoisotopic (exact) mass is 175 g/mol. The molecule has 1 aliphatic heterocycles. The second-order valence-corrected chi connectivity index (χ2v) is 3.09. The van der Waals surface area contributed by atoms with Crippen LogP contribution < -0.4 is 0 Å². The number of aliphatic hydroxyl groups excluding tert-OH is 1. The first kappa shape index (κ1) is 8.09. The summed E-state index contributed by atoms with van der Waals surface area (Å²) in [5, 5.41) is 18.4. The van der Waals surface area contributed by atoms with Crippen LogP contribution in [0.2, 0.25) is 0 Å². The van der Waals surface area contributed by atoms with Crippen LogP contribution in [0.4, 0.5) is 0 Å². The lowest BCUT2D eigenvalue weighted by Crippen LogP contribution is -2.26. The number of hydrogen-bond acceptors (Lipinski definition) is 3. The highest BCUT2D eigenvalue weighted by molar-refractivity contribution is 5.46. The smallest absolute Gasteiger partial charge is 0.0986 e. The normalized spacial score (nSPS) is 30.8. The Labute approximate surface area is 76.2 Å². The molecule has 2 rings (SSSR count). The van der Waals surface area contributed by atoms with E-state index in [0.29, 0.717) is 12.0 Å². The zero-order valence-electron chi connectivity index (χ0n) is 6.97. The van der Waals surface area contributed by atoms with Crippen LogP contribution in [-0.4, -0.2) is 11.2 Å². The highest BCUT2D eigenvalue weighted by Gasteiger charge is 2.28. The Morgan fingerprint density at radius 1 is 1.62 bits per heavy atom. The van der Waals surface area contributed by atoms with Gasteiger partial charge in [-0.05, 0) is 18.1 Å². The van der Waals surface area contributed by atoms with Crippen molar-refractivity contribution in [3.05, 3.63) is 35.8 Å². The number of aliphatic hydroxyl groups is 1. The number of hydrogen-bond donors (Lipinski definition) is 1. The minimum atomic E-state index is -0.713. The summed E-state index contributed by atoms with van der Waals surface area (Å²) in [4.78, 5) is 0. The fourth-order valence-electron chi connectivity index (χ4n) is 1.54. The van der Waals surface area contributed by atoms with Crippen LogP contribution in [0.3, 0.4) is 0 Å². The van der Waals surface area contributed by atoms with Gasteiger partial charge in [0.1, 0.15) is 0 Å². The Bertz CT molecular complexity index is 346. The Hall–Kier alpha value is -1.53. The van der Waals surface area contributed by atoms with E-state index in [4.69, 9.17) is 10.00 Å². The van der Waals surface area contributed by atoms with Gasteiger partial charge in [0.2, 0.25) is 0 Å². The van der Waals surface area contributed by atoms with Crippen molar-refractivity contribution in [2.45, 2.75) is 12.5 Å². The minimum absolute atomic E-state index is 0.343. The molecule has 2 unspecified atom stereocenters. The molecule has 1 aliphatic carbocycles. The molecule has 0 saturated heterocycles. The van der Waals surface area contributed by atoms with E-state index >= 15 is 0 Å². The molecule has 0 aromatic heterocycles. The van der Waals surface area contributed by atoms with E-state index < -0.39 is 6.10 Å². The van der Waals surface area contributed by atoms with Crippen LogP contribution in [0.5, 0.6) is 0 Å². The van der Waals surface area contributed by atoms with Crippen molar-refractivity contribution in [2.24, 2.45) is 5.92 Å². The maximum Gasteiger partial charge on any atom is 0.0986 e. The molecule has 0 aromatic carbocycles. The first-order valence-corrected chi connectivity index (χ1v) is 4.13. The quantitative estimate of drug-likeness (QED) is 0.602. The standard InChI is InChI=1S/C10H9NO2/c11-5-8-2-1-7-3-4-13-6-9(7)10(8)12/h1,3-4,6,8,10,12H,2H2. The molecule has 0 bridgehead atoms. The molecule has 0 aromatic rings. The van der Waals surface area contributed by atoms with Gasteiger partial charge in [-0.15, -0.1) is 0 Å². The number of nitrogens with zero attached hydrogens (tertiary/aromatic N) is 1. The Morgan fingerprint density at radius 2 is 2.46 bits per heavy atom. The van der Waals surface area contributed by atoms with E-state index in [1.54, 1.807) is 12.3 Å². The van der Waals surface area contributed by atoms with Crippen molar-refractivity contribution in [2.75, 3.05) is 0 Å². The summed E-state index contributed by atoms with van der Waals surface area (Å²) >= 11 is 0. The lowest BCUT2D eigenvalue weighted by Gasteiger charge is -2.25. The molecular weight excluding hydrogens is 166 g/mol. The number of nitriles is 1. The molecule has 1 heterocycles. The Kier molecular flexibility index (Phi) is 1.91. The lowest BCUT2D eigenvalue weighted by molar-refractivity contribution is 0.162. The van der Waals surface area contributed by atoms with Crippen molar-refractivity contribution in [3.63, 3.8) is 0 Å². The third-order valence-electron chi connectivity index (χ3n) is 2.31. The van der Waals surface area contributed by atoms with E-state index in [9.17, 15) is 5.11 Å². The molecule has 2 aliphatic rings. The van der Waals surface area contributed by atoms with Gasteiger partial charge in [0.05, 0.1) is 30.6 Å². The predicted octanol–water partition coefficient (Wildman–Crippen LogP) is 1.24. The number of allylic oxidation sites excluding steroid dienone is 2. The van der Waals surface area contributed by atoms with Gasteiger partial charge < -0.3 is 9.84 Å². The molecule has 3 heteroatoms. The SMILES string of the molecule is N#CC1CC=C2C=COC=C2C1O. The van der Waals surface area contributed by atoms with Crippen LogP contribution in [0.25, 0.3) is 0 Å². The highest BCUT2D eigenvalue weighted by atomic mass is 16.5. The molecule has 0 spiro atoms. The fraction of sp³-hybridized carbons (Fsp3) is 0.300. The van der Waals surface area contributed by atoms with Gasteiger partial charge in [0, 0.05) is 5.57 Å². The average molecular weight is 175 g/mol. The topological polar surface area (TPSA) is 53.2 Å². The van der Waals surface area contributed by atoms with Crippen molar-refractivity contribution < 1.29 is 9.84 Å². The minimum Gasteiger partial charge on any atom is -0.472 e. The molecule has 2 atom stereocenters. The highest BCUT2D eigenvalue weighted by Crippen LogP contribution is 2.31. The largest absolute Gasteiger partial charge is 0.472 e. The van der Waals surface area contributed by atoms with E-state index in [2.05, 4.69) is 6.07 Å². The molecule has 1 N–H and O–H groups in total. The first-order chi connectivity index (χ1) is 6.33. The van der Waals surface area contributed by atoms with Gasteiger partial charge in [0.25, 0.3) is 0 Å². The van der Waals surface area contributed by atoms with Crippen LogP contribution in [0.15, 0.2) is 35.8 Å². The van der Waals surface area contributed by atoms with E-state index in [1.165, 1.54) is 6.26 Å². The van der Waals surface area contributed by atoms with E-state index in [1.807, 2.05) is 6.08 Å². The zero-order chi connectivity index (χ0) is 9.26. The molecule has 3 nitrogen and oxygen atoms in total. The lowest BCUT2D eigenvalue weighted by atomic mass is 9.84. The Balaban J connectivity index is 2.35. The van der Waals surface area contributed by atoms with E-state index in [0.717, 1.165) is 5.57 Å². The summed E-state index contributed by atoms with van der Waals surface area (Å²) in [5.41, 5.74) is 1.67. The summed E-state index contributed by atoms with van der Waals surface area (Å²) in [6.07, 6.45) is 6.70. The van der Waals surface area contributed by atoms with Crippen molar-refractivity contribution >= 4 is 0 Å². The first-order valence-electron chi connectivity index (χ1n) is 4.13. The number of fused-ring (bicyclic) bond motifs is 1. The Morgan fingerprint density at radius 3 is 3.23 bits per heavy atom. The van der Waals surface area contributed by atoms with Gasteiger partial charge in [-0.1, -0.05) is 6.08 Å². The maximum atomic E-state index is 9.72. The molecule has 66 valence electrons. The predicted molar refractivity (Wildman–Crippen MR) is 46.1 cm³/mol. The van der Waals surface area contributed by atoms with Crippen molar-refractivity contribution in [1.82, 2.24) is 0 Å². The molecule has 13 heavy (non-hydrogen) atoms. The molecule has 0 radical (unpaired) electrons. The summed E-state index contributed by atoms with van der Waals surface area (Å²) in [7, 11) is 0. The van der Waals surface area contributed by atoms with Crippen molar-refractivity contribution in [3.8, 4) is 6.07 Å². The van der Waals surface area contributed by atoms with E-state index in [-0.39, 0.29) is 5.92 Å². The van der Waals surface area contributed by atoms with Gasteiger partial charge in [-0.2, -0.15) is 5.26 Å². The third-order valence-corrected chi connectivity index (χ3v) is 2.31. The third kappa shape index (κ3) is 1.25. The van der Waals surface area contributed by atoms with Crippen LogP contribution in [-0.2, 0) is 4.74 Å². The van der Waals surface area contributed by atoms with Crippen molar-refractivity contribution in [1.29, 1.82) is 5.26 Å². The molecular formula is C10H9NO2. The summed E-state index contributed by atoms with van der Waals surface area (Å²) in [6.45, 7) is 0. The summed E-state index contributed by atoms with van der Waals surface area (Å²) in [5.74, 6) is -0.343. The molecule has 0 fully saturated rings. The van der Waals surface area contributed by atoms with Crippen LogP contribution in [0, 0.1) is 17.2 Å². The average Bonchev–Trinajstić information content (AvgIpc) is 2.19. The van der Waals surface area contributed by atoms with Crippen LogP contribution in [0.1, 0.15) is 6.42 Å². The van der Waals surface area contributed by atoms with Gasteiger partial charge in [-0.25, -0.2) is 0 Å². The molecule has 0 amide bonds. The van der Waals surface area contributed by atoms with Gasteiger partial charge >= 0.3 is 0 Å². The maximum absolute atomic E-state index is 9.72. The zero-order valence-corrected chi connectivity index (χ0v) is 6.97. The number of ether oxygens (including phenoxy) is 1. The summed E-state index contributed by atoms with van der Waals surface area (Å²) < 4.78 is 4.95. The number of rotatable bonds is 0. The fourth-order valence-corrected chi connectivity index (χ4v) is 1.54. The molecule has 0 saturated carbocycles. The van der Waals surface area contributed by atoms with Gasteiger partial charge in [-0.3, -0.25) is 0 Å². The second-order valence-electron chi connectivity index (χ2n) is 3.09. The second kappa shape index (κ2) is 3.08.